The lowest BCUT2D eigenvalue weighted by Crippen LogP contribution is -2.07. The van der Waals surface area contributed by atoms with Gasteiger partial charge >= 0.3 is 0 Å². The number of rotatable bonds is 3. The summed E-state index contributed by atoms with van der Waals surface area (Å²) in [7, 11) is 0. The van der Waals surface area contributed by atoms with Gasteiger partial charge in [-0.15, -0.1) is 0 Å². The molecular formula is C46H37N. The van der Waals surface area contributed by atoms with E-state index in [4.69, 9.17) is 0 Å². The summed E-state index contributed by atoms with van der Waals surface area (Å²) in [5, 5.41) is 1.38. The van der Waals surface area contributed by atoms with Crippen molar-refractivity contribution in [2.24, 2.45) is 5.92 Å². The van der Waals surface area contributed by atoms with E-state index in [9.17, 15) is 0 Å². The van der Waals surface area contributed by atoms with Gasteiger partial charge in [0.25, 0.3) is 0 Å². The first-order valence-electron chi connectivity index (χ1n) is 17.3. The summed E-state index contributed by atoms with van der Waals surface area (Å²) in [4.78, 5) is 0. The van der Waals surface area contributed by atoms with Crippen molar-refractivity contribution in [3.63, 3.8) is 0 Å². The SMILES string of the molecule is CC1CC=C(c2cccc3c2-c2cc(-n4c5c(c6cc(-c7ccccc7)ccc64)C(C)CC=C5)ccc2C3)C2=C1Cc1ccccc12. The molecule has 0 saturated carbocycles. The largest absolute Gasteiger partial charge is 0.310 e. The number of hydrogen-bond donors (Lipinski definition) is 0. The Balaban J connectivity index is 1.15. The maximum atomic E-state index is 2.54. The molecule has 0 aliphatic heterocycles. The van der Waals surface area contributed by atoms with Crippen LogP contribution in [-0.2, 0) is 12.8 Å². The standard InChI is InChI=1S/C46H37N/c1-28-18-22-38(46-36-15-7-6-13-32(36)26-39(28)46)37-16-9-14-34-24-33-19-21-35(27-40(33)45(34)37)47-42-23-20-31(30-11-4-3-5-12-30)25-41(42)44-29(2)10-8-17-43(44)47/h3-9,11-17,19-23,25,27-29H,10,18,24,26H2,1-2H3. The highest BCUT2D eigenvalue weighted by Crippen LogP contribution is 2.52. The molecule has 0 amide bonds. The number of allylic oxidation sites excluding steroid dienone is 5. The average molecular weight is 604 g/mol. The Morgan fingerprint density at radius 2 is 1.43 bits per heavy atom. The van der Waals surface area contributed by atoms with E-state index in [1.807, 2.05) is 0 Å². The van der Waals surface area contributed by atoms with Crippen molar-refractivity contribution in [1.82, 2.24) is 4.57 Å². The molecule has 1 aromatic heterocycles. The number of fused-ring (bicyclic) bond motifs is 8. The van der Waals surface area contributed by atoms with Crippen LogP contribution in [0.15, 0.2) is 127 Å². The molecule has 1 nitrogen and oxygen atoms in total. The van der Waals surface area contributed by atoms with Gasteiger partial charge in [0.1, 0.15) is 0 Å². The first kappa shape index (κ1) is 27.0. The molecule has 0 fully saturated rings. The first-order chi connectivity index (χ1) is 23.1. The molecule has 10 rings (SSSR count). The summed E-state index contributed by atoms with van der Waals surface area (Å²) >= 11 is 0. The van der Waals surface area contributed by atoms with Gasteiger partial charge in [0.15, 0.2) is 0 Å². The maximum absolute atomic E-state index is 2.54. The van der Waals surface area contributed by atoms with Crippen LogP contribution in [0.5, 0.6) is 0 Å². The van der Waals surface area contributed by atoms with Crippen LogP contribution in [-0.4, -0.2) is 4.57 Å². The minimum absolute atomic E-state index is 0.476. The molecule has 226 valence electrons. The molecule has 1 heterocycles. The van der Waals surface area contributed by atoms with Gasteiger partial charge in [-0.25, -0.2) is 0 Å². The van der Waals surface area contributed by atoms with Gasteiger partial charge in [-0.3, -0.25) is 0 Å². The molecule has 2 atom stereocenters. The Hall–Kier alpha value is -5.14. The molecule has 0 bridgehead atoms. The third-order valence-electron chi connectivity index (χ3n) is 11.4. The summed E-state index contributed by atoms with van der Waals surface area (Å²) < 4.78 is 2.53. The van der Waals surface area contributed by atoms with Crippen LogP contribution in [0.25, 0.3) is 56.1 Å². The van der Waals surface area contributed by atoms with E-state index in [2.05, 4.69) is 146 Å². The van der Waals surface area contributed by atoms with Crippen molar-refractivity contribution >= 4 is 28.1 Å². The summed E-state index contributed by atoms with van der Waals surface area (Å²) in [5.74, 6) is 1.06. The van der Waals surface area contributed by atoms with Gasteiger partial charge in [-0.1, -0.05) is 117 Å². The van der Waals surface area contributed by atoms with Crippen molar-refractivity contribution in [1.29, 1.82) is 0 Å². The van der Waals surface area contributed by atoms with Crippen molar-refractivity contribution in [2.45, 2.75) is 45.4 Å². The second-order valence-corrected chi connectivity index (χ2v) is 14.1. The molecule has 0 radical (unpaired) electrons. The highest BCUT2D eigenvalue weighted by molar-refractivity contribution is 6.12. The van der Waals surface area contributed by atoms with Crippen LogP contribution in [0.1, 0.15) is 71.7 Å². The third kappa shape index (κ3) is 3.96. The van der Waals surface area contributed by atoms with E-state index in [-0.39, 0.29) is 0 Å². The average Bonchev–Trinajstić information content (AvgIpc) is 3.79. The van der Waals surface area contributed by atoms with E-state index >= 15 is 0 Å². The first-order valence-corrected chi connectivity index (χ1v) is 17.3. The monoisotopic (exact) mass is 603 g/mol. The fourth-order valence-corrected chi connectivity index (χ4v) is 9.10. The van der Waals surface area contributed by atoms with Crippen LogP contribution in [0.2, 0.25) is 0 Å². The second kappa shape index (κ2) is 10.2. The van der Waals surface area contributed by atoms with Gasteiger partial charge in [0, 0.05) is 16.8 Å². The number of nitrogens with zero attached hydrogens (tertiary/aromatic N) is 1. The number of aromatic nitrogens is 1. The summed E-state index contributed by atoms with van der Waals surface area (Å²) in [5.41, 5.74) is 22.5. The van der Waals surface area contributed by atoms with Gasteiger partial charge in [-0.2, -0.15) is 0 Å². The van der Waals surface area contributed by atoms with Crippen molar-refractivity contribution < 1.29 is 0 Å². The van der Waals surface area contributed by atoms with E-state index < -0.39 is 0 Å². The zero-order valence-electron chi connectivity index (χ0n) is 27.1. The second-order valence-electron chi connectivity index (χ2n) is 14.1. The maximum Gasteiger partial charge on any atom is 0.0538 e. The Bertz CT molecular complexity index is 2370. The predicted octanol–water partition coefficient (Wildman–Crippen LogP) is 11.8. The summed E-state index contributed by atoms with van der Waals surface area (Å²) in [6.45, 7) is 4.79. The van der Waals surface area contributed by atoms with Crippen molar-refractivity contribution in [3.8, 4) is 27.9 Å². The van der Waals surface area contributed by atoms with Crippen LogP contribution in [0.4, 0.5) is 0 Å². The quantitative estimate of drug-likeness (QED) is 0.189. The van der Waals surface area contributed by atoms with Crippen LogP contribution >= 0.6 is 0 Å². The van der Waals surface area contributed by atoms with Crippen LogP contribution < -0.4 is 0 Å². The predicted molar refractivity (Wildman–Crippen MR) is 198 cm³/mol. The minimum Gasteiger partial charge on any atom is -0.310 e. The van der Waals surface area contributed by atoms with Crippen LogP contribution in [0.3, 0.4) is 0 Å². The Kier molecular flexibility index (Phi) is 5.85. The summed E-state index contributed by atoms with van der Waals surface area (Å²) in [6, 6.07) is 41.2. The molecule has 5 aromatic carbocycles. The minimum atomic E-state index is 0.476. The van der Waals surface area contributed by atoms with Crippen molar-refractivity contribution in [2.75, 3.05) is 0 Å². The van der Waals surface area contributed by atoms with E-state index in [0.717, 1.165) is 25.7 Å². The molecule has 1 heteroatoms. The molecule has 4 aliphatic rings. The molecule has 6 aromatic rings. The smallest absolute Gasteiger partial charge is 0.0538 e. The molecule has 0 N–H and O–H groups in total. The number of benzene rings is 5. The van der Waals surface area contributed by atoms with Crippen LogP contribution in [0, 0.1) is 5.92 Å². The van der Waals surface area contributed by atoms with Gasteiger partial charge in [0.2, 0.25) is 0 Å². The van der Waals surface area contributed by atoms with E-state index in [1.165, 1.54) is 89.1 Å². The lowest BCUT2D eigenvalue weighted by atomic mass is 9.79. The fraction of sp³-hybridized carbons (Fsp3) is 0.174. The normalized spacial score (nSPS) is 18.9. The molecule has 47 heavy (non-hydrogen) atoms. The molecule has 2 unspecified atom stereocenters. The molecule has 4 aliphatic carbocycles. The van der Waals surface area contributed by atoms with Gasteiger partial charge in [0.05, 0.1) is 5.52 Å². The highest BCUT2D eigenvalue weighted by atomic mass is 15.0. The zero-order valence-corrected chi connectivity index (χ0v) is 27.1. The third-order valence-corrected chi connectivity index (χ3v) is 11.4. The topological polar surface area (TPSA) is 4.93 Å². The lowest BCUT2D eigenvalue weighted by Gasteiger charge is -2.25. The van der Waals surface area contributed by atoms with E-state index in [1.54, 1.807) is 5.57 Å². The van der Waals surface area contributed by atoms with E-state index in [0.29, 0.717) is 11.8 Å². The van der Waals surface area contributed by atoms with Gasteiger partial charge < -0.3 is 4.57 Å². The number of hydrogen-bond acceptors (Lipinski definition) is 0. The Morgan fingerprint density at radius 3 is 2.34 bits per heavy atom. The van der Waals surface area contributed by atoms with Crippen molar-refractivity contribution in [3.05, 3.63) is 166 Å². The zero-order chi connectivity index (χ0) is 31.2. The molecular weight excluding hydrogens is 567 g/mol. The van der Waals surface area contributed by atoms with Gasteiger partial charge in [-0.05, 0) is 135 Å². The highest BCUT2D eigenvalue weighted by Gasteiger charge is 2.33. The molecule has 0 spiro atoms. The fourth-order valence-electron chi connectivity index (χ4n) is 9.10. The Morgan fingerprint density at radius 1 is 0.617 bits per heavy atom. The summed E-state index contributed by atoms with van der Waals surface area (Å²) in [6.07, 6.45) is 11.5. The Labute approximate surface area is 277 Å². The lowest BCUT2D eigenvalue weighted by molar-refractivity contribution is 0.679. The molecule has 0 saturated heterocycles.